The summed E-state index contributed by atoms with van der Waals surface area (Å²) < 4.78 is 26.9. The minimum atomic E-state index is -1.06. The highest BCUT2D eigenvalue weighted by Crippen LogP contribution is 2.23. The summed E-state index contributed by atoms with van der Waals surface area (Å²) in [5.41, 5.74) is -1.67. The van der Waals surface area contributed by atoms with Crippen LogP contribution in [0.4, 0.5) is 31.5 Å². The number of carbonyl (C=O) groups is 2. The van der Waals surface area contributed by atoms with Crippen molar-refractivity contribution in [3.05, 3.63) is 104 Å². The zero-order chi connectivity index (χ0) is 23.4. The maximum atomic E-state index is 13.4. The van der Waals surface area contributed by atoms with Crippen molar-refractivity contribution in [1.29, 1.82) is 0 Å². The van der Waals surface area contributed by atoms with Crippen molar-refractivity contribution >= 4 is 34.6 Å². The van der Waals surface area contributed by atoms with Gasteiger partial charge in [0.1, 0.15) is 0 Å². The molecule has 3 aromatic rings. The highest BCUT2D eigenvalue weighted by atomic mass is 19.1. The molecule has 32 heavy (non-hydrogen) atoms. The van der Waals surface area contributed by atoms with Crippen LogP contribution in [0.5, 0.6) is 0 Å². The van der Waals surface area contributed by atoms with E-state index in [9.17, 15) is 38.6 Å². The van der Waals surface area contributed by atoms with Crippen molar-refractivity contribution in [2.75, 3.05) is 10.6 Å². The lowest BCUT2D eigenvalue weighted by molar-refractivity contribution is -0.387. The fourth-order valence-electron chi connectivity index (χ4n) is 2.67. The van der Waals surface area contributed by atoms with Gasteiger partial charge >= 0.3 is 11.4 Å². The first-order chi connectivity index (χ1) is 15.2. The molecule has 0 bridgehead atoms. The Morgan fingerprint density at radius 1 is 0.688 bits per heavy atom. The maximum Gasteiger partial charge on any atom is 0.306 e. The average Bonchev–Trinajstić information content (AvgIpc) is 2.76. The molecule has 0 aliphatic rings. The normalized spacial score (nSPS) is 10.3. The standard InChI is InChI=1S/C20H12F2N4O6/c21-15-6-4-13(9-17(15)25(29)30)23-19(27)11-2-1-3-12(8-11)20(28)24-14-5-7-16(22)18(10-14)26(31)32/h1-10H,(H,23,27)(H,24,28). The van der Waals surface area contributed by atoms with Crippen molar-refractivity contribution in [3.8, 4) is 0 Å². The second-order valence-corrected chi connectivity index (χ2v) is 6.34. The summed E-state index contributed by atoms with van der Waals surface area (Å²) in [7, 11) is 0. The second-order valence-electron chi connectivity index (χ2n) is 6.34. The summed E-state index contributed by atoms with van der Waals surface area (Å²) in [5.74, 6) is -3.57. The highest BCUT2D eigenvalue weighted by Gasteiger charge is 2.18. The number of nitro benzene ring substituents is 2. The van der Waals surface area contributed by atoms with Crippen molar-refractivity contribution in [1.82, 2.24) is 0 Å². The van der Waals surface area contributed by atoms with Crippen molar-refractivity contribution < 1.29 is 28.2 Å². The van der Waals surface area contributed by atoms with Gasteiger partial charge in [0.25, 0.3) is 11.8 Å². The van der Waals surface area contributed by atoms with Gasteiger partial charge in [-0.05, 0) is 42.5 Å². The Hall–Kier alpha value is -4.74. The lowest BCUT2D eigenvalue weighted by Gasteiger charge is -2.08. The molecule has 3 rings (SSSR count). The monoisotopic (exact) mass is 442 g/mol. The Labute approximate surface area is 177 Å². The quantitative estimate of drug-likeness (QED) is 0.430. The molecule has 10 nitrogen and oxygen atoms in total. The Morgan fingerprint density at radius 2 is 1.09 bits per heavy atom. The third-order valence-electron chi connectivity index (χ3n) is 4.19. The van der Waals surface area contributed by atoms with Crippen LogP contribution in [0, 0.1) is 31.9 Å². The number of halogens is 2. The third-order valence-corrected chi connectivity index (χ3v) is 4.19. The first-order valence-corrected chi connectivity index (χ1v) is 8.76. The van der Waals surface area contributed by atoms with Crippen LogP contribution in [-0.4, -0.2) is 21.7 Å². The van der Waals surface area contributed by atoms with Gasteiger partial charge in [0.15, 0.2) is 0 Å². The largest absolute Gasteiger partial charge is 0.322 e. The van der Waals surface area contributed by atoms with Gasteiger partial charge in [0, 0.05) is 34.6 Å². The molecule has 0 aliphatic heterocycles. The van der Waals surface area contributed by atoms with Gasteiger partial charge in [0.2, 0.25) is 11.6 Å². The summed E-state index contributed by atoms with van der Waals surface area (Å²) >= 11 is 0. The van der Waals surface area contributed by atoms with Crippen LogP contribution in [0.1, 0.15) is 20.7 Å². The van der Waals surface area contributed by atoms with E-state index in [1.807, 2.05) is 0 Å². The van der Waals surface area contributed by atoms with Gasteiger partial charge in [-0.3, -0.25) is 29.8 Å². The molecular formula is C20H12F2N4O6. The second kappa shape index (κ2) is 8.95. The molecule has 162 valence electrons. The zero-order valence-electron chi connectivity index (χ0n) is 15.9. The topological polar surface area (TPSA) is 144 Å². The molecule has 0 saturated carbocycles. The molecule has 0 saturated heterocycles. The molecule has 3 aromatic carbocycles. The number of benzene rings is 3. The van der Waals surface area contributed by atoms with E-state index in [4.69, 9.17) is 0 Å². The van der Waals surface area contributed by atoms with E-state index in [1.165, 1.54) is 24.3 Å². The number of carbonyl (C=O) groups excluding carboxylic acids is 2. The van der Waals surface area contributed by atoms with Gasteiger partial charge in [-0.1, -0.05) is 6.07 Å². The molecule has 2 N–H and O–H groups in total. The molecule has 12 heteroatoms. The van der Waals surface area contributed by atoms with Crippen molar-refractivity contribution in [2.45, 2.75) is 0 Å². The highest BCUT2D eigenvalue weighted by molar-refractivity contribution is 6.08. The van der Waals surface area contributed by atoms with E-state index < -0.39 is 44.7 Å². The average molecular weight is 442 g/mol. The third kappa shape index (κ3) is 4.87. The molecule has 0 unspecified atom stereocenters. The summed E-state index contributed by atoms with van der Waals surface area (Å²) in [5, 5.41) is 26.4. The van der Waals surface area contributed by atoms with E-state index in [0.29, 0.717) is 0 Å². The zero-order valence-corrected chi connectivity index (χ0v) is 15.9. The fraction of sp³-hybridized carbons (Fsp3) is 0. The predicted molar refractivity (Wildman–Crippen MR) is 108 cm³/mol. The van der Waals surface area contributed by atoms with Crippen LogP contribution in [0.3, 0.4) is 0 Å². The smallest absolute Gasteiger partial charge is 0.306 e. The minimum absolute atomic E-state index is 0.00900. The molecule has 0 spiro atoms. The number of amides is 2. The maximum absolute atomic E-state index is 13.4. The number of nitrogens with one attached hydrogen (secondary N) is 2. The molecule has 0 fully saturated rings. The SMILES string of the molecule is O=C(Nc1ccc(F)c([N+](=O)[O-])c1)c1cccc(C(=O)Nc2ccc(F)c([N+](=O)[O-])c2)c1. The predicted octanol–water partition coefficient (Wildman–Crippen LogP) is 4.29. The molecular weight excluding hydrogens is 430 g/mol. The summed E-state index contributed by atoms with van der Waals surface area (Å²) in [6, 6.07) is 11.0. The molecule has 0 aromatic heterocycles. The van der Waals surface area contributed by atoms with Gasteiger partial charge < -0.3 is 10.6 Å². The van der Waals surface area contributed by atoms with Gasteiger partial charge in [-0.2, -0.15) is 8.78 Å². The van der Waals surface area contributed by atoms with Crippen LogP contribution < -0.4 is 10.6 Å². The van der Waals surface area contributed by atoms with Crippen LogP contribution in [0.15, 0.2) is 60.7 Å². The Bertz CT molecular complexity index is 1170. The summed E-state index contributed by atoms with van der Waals surface area (Å²) in [6.07, 6.45) is 0. The van der Waals surface area contributed by atoms with E-state index in [1.54, 1.807) is 0 Å². The number of nitro groups is 2. The minimum Gasteiger partial charge on any atom is -0.322 e. The number of nitrogens with zero attached hydrogens (tertiary/aromatic N) is 2. The van der Waals surface area contributed by atoms with Gasteiger partial charge in [-0.25, -0.2) is 0 Å². The van der Waals surface area contributed by atoms with Crippen molar-refractivity contribution in [2.24, 2.45) is 0 Å². The van der Waals surface area contributed by atoms with Crippen LogP contribution >= 0.6 is 0 Å². The fourth-order valence-corrected chi connectivity index (χ4v) is 2.67. The number of anilines is 2. The Balaban J connectivity index is 1.78. The summed E-state index contributed by atoms with van der Waals surface area (Å²) in [6.45, 7) is 0. The van der Waals surface area contributed by atoms with E-state index >= 15 is 0 Å². The van der Waals surface area contributed by atoms with E-state index in [0.717, 1.165) is 36.4 Å². The van der Waals surface area contributed by atoms with Crippen LogP contribution in [0.2, 0.25) is 0 Å². The molecule has 0 radical (unpaired) electrons. The molecule has 0 heterocycles. The van der Waals surface area contributed by atoms with Crippen molar-refractivity contribution in [3.63, 3.8) is 0 Å². The first kappa shape index (κ1) is 22.0. The lowest BCUT2D eigenvalue weighted by Crippen LogP contribution is -2.16. The van der Waals surface area contributed by atoms with Crippen LogP contribution in [-0.2, 0) is 0 Å². The number of rotatable bonds is 6. The van der Waals surface area contributed by atoms with Crippen LogP contribution in [0.25, 0.3) is 0 Å². The summed E-state index contributed by atoms with van der Waals surface area (Å²) in [4.78, 5) is 44.7. The molecule has 0 atom stereocenters. The molecule has 0 aliphatic carbocycles. The van der Waals surface area contributed by atoms with E-state index in [2.05, 4.69) is 10.6 Å². The lowest BCUT2D eigenvalue weighted by atomic mass is 10.1. The Kier molecular flexibility index (Phi) is 6.14. The van der Waals surface area contributed by atoms with Gasteiger partial charge in [0.05, 0.1) is 9.85 Å². The van der Waals surface area contributed by atoms with E-state index in [-0.39, 0.29) is 22.5 Å². The van der Waals surface area contributed by atoms with Gasteiger partial charge in [-0.15, -0.1) is 0 Å². The Morgan fingerprint density at radius 3 is 1.47 bits per heavy atom. The number of hydrogen-bond acceptors (Lipinski definition) is 6. The first-order valence-electron chi connectivity index (χ1n) is 8.76. The number of hydrogen-bond donors (Lipinski definition) is 2. The molecule has 2 amide bonds.